The molecule has 2 atom stereocenters. The minimum Gasteiger partial charge on any atom is -0.378 e. The molecule has 1 fully saturated rings. The number of likely N-dealkylation sites (tertiary alicyclic amines) is 1. The Labute approximate surface area is 155 Å². The van der Waals surface area contributed by atoms with Gasteiger partial charge >= 0.3 is 0 Å². The van der Waals surface area contributed by atoms with Crippen molar-refractivity contribution in [2.24, 2.45) is 0 Å². The lowest BCUT2D eigenvalue weighted by Crippen LogP contribution is -2.43. The Kier molecular flexibility index (Phi) is 5.58. The lowest BCUT2D eigenvalue weighted by atomic mass is 10.0. The number of carbonyl (C=O) groups excluding carboxylic acids is 1. The van der Waals surface area contributed by atoms with Crippen LogP contribution in [0, 0.1) is 6.92 Å². The predicted octanol–water partition coefficient (Wildman–Crippen LogP) is 2.94. The average molecular weight is 355 g/mol. The van der Waals surface area contributed by atoms with Gasteiger partial charge in [0.25, 0.3) is 5.91 Å². The minimum absolute atomic E-state index is 0.00669. The van der Waals surface area contributed by atoms with Gasteiger partial charge in [0.15, 0.2) is 0 Å². The number of amides is 1. The van der Waals surface area contributed by atoms with Gasteiger partial charge in [0.2, 0.25) is 0 Å². The fourth-order valence-corrected chi connectivity index (χ4v) is 3.66. The molecule has 5 heteroatoms. The molecule has 2 aromatic rings. The fraction of sp³-hybridized carbons (Fsp3) is 0.524. The molecule has 1 saturated heterocycles. The van der Waals surface area contributed by atoms with Crippen molar-refractivity contribution in [2.75, 3.05) is 20.2 Å². The Morgan fingerprint density at radius 2 is 2.12 bits per heavy atom. The first-order valence-electron chi connectivity index (χ1n) is 9.41. The molecule has 26 heavy (non-hydrogen) atoms. The third kappa shape index (κ3) is 3.74. The van der Waals surface area contributed by atoms with Crippen LogP contribution in [0.1, 0.15) is 42.4 Å². The van der Waals surface area contributed by atoms with Gasteiger partial charge in [0.05, 0.1) is 23.2 Å². The highest BCUT2D eigenvalue weighted by Crippen LogP contribution is 2.22. The number of aryl methyl sites for hydroxylation is 2. The van der Waals surface area contributed by atoms with Crippen molar-refractivity contribution < 1.29 is 9.53 Å². The molecule has 0 saturated carbocycles. The molecule has 0 radical (unpaired) electrons. The summed E-state index contributed by atoms with van der Waals surface area (Å²) in [6, 6.07) is 8.48. The number of methoxy groups -OCH3 is 1. The Morgan fingerprint density at radius 3 is 2.77 bits per heavy atom. The van der Waals surface area contributed by atoms with Gasteiger partial charge in [-0.25, -0.2) is 0 Å². The van der Waals surface area contributed by atoms with E-state index in [9.17, 15) is 4.79 Å². The van der Waals surface area contributed by atoms with E-state index in [2.05, 4.69) is 48.1 Å². The molecule has 1 N–H and O–H groups in total. The zero-order valence-corrected chi connectivity index (χ0v) is 16.4. The van der Waals surface area contributed by atoms with Crippen LogP contribution in [0.3, 0.4) is 0 Å². The zero-order chi connectivity index (χ0) is 18.8. The third-order valence-electron chi connectivity index (χ3n) is 5.30. The predicted molar refractivity (Wildman–Crippen MR) is 105 cm³/mol. The van der Waals surface area contributed by atoms with Crippen LogP contribution in [-0.2, 0) is 11.2 Å². The van der Waals surface area contributed by atoms with Gasteiger partial charge in [0, 0.05) is 37.3 Å². The number of fused-ring (bicyclic) bond motifs is 1. The lowest BCUT2D eigenvalue weighted by Gasteiger charge is -2.20. The first-order valence-corrected chi connectivity index (χ1v) is 9.41. The highest BCUT2D eigenvalue weighted by Gasteiger charge is 2.35. The van der Waals surface area contributed by atoms with Crippen molar-refractivity contribution in [3.05, 3.63) is 41.1 Å². The Morgan fingerprint density at radius 1 is 1.35 bits per heavy atom. The number of benzene rings is 1. The summed E-state index contributed by atoms with van der Waals surface area (Å²) in [5.74, 6) is -0.0496. The third-order valence-corrected chi connectivity index (χ3v) is 5.30. The minimum atomic E-state index is -0.0496. The molecule has 0 aliphatic carbocycles. The molecule has 1 aliphatic heterocycles. The number of hydrogen-bond donors (Lipinski definition) is 1. The van der Waals surface area contributed by atoms with Crippen molar-refractivity contribution in [1.29, 1.82) is 0 Å². The second-order valence-corrected chi connectivity index (χ2v) is 7.42. The number of hydrogen-bond acceptors (Lipinski definition) is 4. The molecular formula is C21H29N3O2. The summed E-state index contributed by atoms with van der Waals surface area (Å²) < 4.78 is 5.62. The van der Waals surface area contributed by atoms with Crippen molar-refractivity contribution in [1.82, 2.24) is 15.2 Å². The summed E-state index contributed by atoms with van der Waals surface area (Å²) in [6.45, 7) is 10.0. The van der Waals surface area contributed by atoms with E-state index in [1.54, 1.807) is 7.11 Å². The van der Waals surface area contributed by atoms with Gasteiger partial charge in [0.1, 0.15) is 0 Å². The molecule has 3 rings (SSSR count). The second kappa shape index (κ2) is 7.72. The van der Waals surface area contributed by atoms with Crippen LogP contribution in [0.2, 0.25) is 0 Å². The standard InChI is InChI=1S/C21H29N3O2/c1-6-15-7-8-18-16(10-15)17(9-14(4)22-18)21(25)23-19-11-24(13(2)3)12-20(19)26-5/h7-10,13,19-20H,6,11-12H2,1-5H3,(H,23,25)/t19-,20-/m1/s1. The van der Waals surface area contributed by atoms with Gasteiger partial charge in [-0.15, -0.1) is 0 Å². The lowest BCUT2D eigenvalue weighted by molar-refractivity contribution is 0.0754. The number of pyridine rings is 1. The van der Waals surface area contributed by atoms with E-state index >= 15 is 0 Å². The van der Waals surface area contributed by atoms with Gasteiger partial charge < -0.3 is 10.1 Å². The van der Waals surface area contributed by atoms with Crippen LogP contribution in [0.4, 0.5) is 0 Å². The summed E-state index contributed by atoms with van der Waals surface area (Å²) in [6.07, 6.45) is 0.949. The highest BCUT2D eigenvalue weighted by atomic mass is 16.5. The summed E-state index contributed by atoms with van der Waals surface area (Å²) in [7, 11) is 1.72. The maximum atomic E-state index is 13.1. The molecule has 1 aromatic heterocycles. The van der Waals surface area contributed by atoms with Gasteiger partial charge in [-0.3, -0.25) is 14.7 Å². The van der Waals surface area contributed by atoms with Gasteiger partial charge in [-0.1, -0.05) is 13.0 Å². The maximum absolute atomic E-state index is 13.1. The number of ether oxygens (including phenoxy) is 1. The number of carbonyl (C=O) groups is 1. The monoisotopic (exact) mass is 355 g/mol. The second-order valence-electron chi connectivity index (χ2n) is 7.42. The van der Waals surface area contributed by atoms with Crippen LogP contribution < -0.4 is 5.32 Å². The molecule has 140 valence electrons. The van der Waals surface area contributed by atoms with E-state index in [1.165, 1.54) is 5.56 Å². The first kappa shape index (κ1) is 18.8. The first-order chi connectivity index (χ1) is 12.4. The molecule has 2 heterocycles. The van der Waals surface area contributed by atoms with Crippen molar-refractivity contribution in [3.8, 4) is 0 Å². The number of rotatable bonds is 5. The van der Waals surface area contributed by atoms with E-state index in [0.717, 1.165) is 36.1 Å². The molecule has 0 spiro atoms. The van der Waals surface area contributed by atoms with Crippen molar-refractivity contribution in [3.63, 3.8) is 0 Å². The van der Waals surface area contributed by atoms with Crippen molar-refractivity contribution >= 4 is 16.8 Å². The van der Waals surface area contributed by atoms with Crippen LogP contribution in [-0.4, -0.2) is 54.2 Å². The van der Waals surface area contributed by atoms with Gasteiger partial charge in [-0.05, 0) is 51.0 Å². The molecule has 0 bridgehead atoms. The normalized spacial score (nSPS) is 20.8. The summed E-state index contributed by atoms with van der Waals surface area (Å²) in [5, 5.41) is 4.12. The number of aromatic nitrogens is 1. The summed E-state index contributed by atoms with van der Waals surface area (Å²) >= 11 is 0. The molecular weight excluding hydrogens is 326 g/mol. The topological polar surface area (TPSA) is 54.5 Å². The Hall–Kier alpha value is -1.98. The number of nitrogens with one attached hydrogen (secondary N) is 1. The van der Waals surface area contributed by atoms with E-state index in [-0.39, 0.29) is 18.1 Å². The number of nitrogens with zero attached hydrogens (tertiary/aromatic N) is 2. The van der Waals surface area contributed by atoms with Crippen LogP contribution in [0.5, 0.6) is 0 Å². The maximum Gasteiger partial charge on any atom is 0.252 e. The molecule has 1 aromatic carbocycles. The summed E-state index contributed by atoms with van der Waals surface area (Å²) in [5.41, 5.74) is 3.62. The van der Waals surface area contributed by atoms with E-state index < -0.39 is 0 Å². The summed E-state index contributed by atoms with van der Waals surface area (Å²) in [4.78, 5) is 20.0. The van der Waals surface area contributed by atoms with E-state index in [0.29, 0.717) is 11.6 Å². The van der Waals surface area contributed by atoms with E-state index in [1.807, 2.05) is 19.1 Å². The molecule has 1 aliphatic rings. The van der Waals surface area contributed by atoms with Crippen molar-refractivity contribution in [2.45, 2.75) is 52.3 Å². The van der Waals surface area contributed by atoms with Crippen LogP contribution >= 0.6 is 0 Å². The largest absolute Gasteiger partial charge is 0.378 e. The SMILES string of the molecule is CCc1ccc2nc(C)cc(C(=O)N[C@@H]3CN(C(C)C)C[C@H]3OC)c2c1. The molecule has 0 unspecified atom stereocenters. The smallest absolute Gasteiger partial charge is 0.252 e. The average Bonchev–Trinajstić information content (AvgIpc) is 3.03. The Bertz CT molecular complexity index is 803. The van der Waals surface area contributed by atoms with E-state index in [4.69, 9.17) is 4.74 Å². The van der Waals surface area contributed by atoms with Crippen LogP contribution in [0.15, 0.2) is 24.3 Å². The molecule has 5 nitrogen and oxygen atoms in total. The molecule has 1 amide bonds. The van der Waals surface area contributed by atoms with Crippen LogP contribution in [0.25, 0.3) is 10.9 Å². The highest BCUT2D eigenvalue weighted by molar-refractivity contribution is 6.06. The zero-order valence-electron chi connectivity index (χ0n) is 16.4. The van der Waals surface area contributed by atoms with Gasteiger partial charge in [-0.2, -0.15) is 0 Å². The fourth-order valence-electron chi connectivity index (χ4n) is 3.66. The Balaban J connectivity index is 1.90. The quantitative estimate of drug-likeness (QED) is 0.896.